The van der Waals surface area contributed by atoms with Crippen LogP contribution in [0.3, 0.4) is 0 Å². The van der Waals surface area contributed by atoms with Crippen molar-refractivity contribution in [3.8, 4) is 17.2 Å². The zero-order chi connectivity index (χ0) is 23.4. The van der Waals surface area contributed by atoms with Gasteiger partial charge in [0, 0.05) is 43.3 Å². The Morgan fingerprint density at radius 3 is 2.33 bits per heavy atom. The fraction of sp³-hybridized carbons (Fsp3) is 0.346. The number of furan rings is 1. The van der Waals surface area contributed by atoms with Crippen molar-refractivity contribution in [3.05, 3.63) is 71.7 Å². The molecule has 0 aliphatic carbocycles. The number of amides is 1. The van der Waals surface area contributed by atoms with Crippen molar-refractivity contribution in [2.24, 2.45) is 0 Å². The Kier molecular flexibility index (Phi) is 6.77. The lowest BCUT2D eigenvalue weighted by Crippen LogP contribution is -2.53. The third-order valence-corrected chi connectivity index (χ3v) is 6.04. The molecular formula is C26H30N2O5. The molecule has 2 heterocycles. The normalized spacial score (nSPS) is 15.9. The summed E-state index contributed by atoms with van der Waals surface area (Å²) in [5, 5.41) is 0. The van der Waals surface area contributed by atoms with Crippen LogP contribution in [0.15, 0.2) is 59.0 Å². The van der Waals surface area contributed by atoms with Crippen LogP contribution in [0.2, 0.25) is 0 Å². The number of ether oxygens (including phenoxy) is 3. The van der Waals surface area contributed by atoms with Gasteiger partial charge in [-0.3, -0.25) is 4.79 Å². The number of rotatable bonds is 7. The van der Waals surface area contributed by atoms with Crippen molar-refractivity contribution in [3.63, 3.8) is 0 Å². The highest BCUT2D eigenvalue weighted by Gasteiger charge is 2.29. The lowest BCUT2D eigenvalue weighted by Gasteiger charge is -2.41. The van der Waals surface area contributed by atoms with Crippen LogP contribution in [0.1, 0.15) is 28.8 Å². The first-order valence-electron chi connectivity index (χ1n) is 11.0. The van der Waals surface area contributed by atoms with E-state index < -0.39 is 0 Å². The molecule has 1 atom stereocenters. The third kappa shape index (κ3) is 4.92. The molecule has 0 N–H and O–H groups in total. The molecule has 0 bridgehead atoms. The van der Waals surface area contributed by atoms with E-state index in [1.807, 2.05) is 41.3 Å². The van der Waals surface area contributed by atoms with Crippen molar-refractivity contribution >= 4 is 11.6 Å². The van der Waals surface area contributed by atoms with E-state index >= 15 is 0 Å². The summed E-state index contributed by atoms with van der Waals surface area (Å²) in [6.07, 6.45) is 0.509. The van der Waals surface area contributed by atoms with Crippen LogP contribution in [-0.4, -0.2) is 57.8 Å². The van der Waals surface area contributed by atoms with Gasteiger partial charge in [0.05, 0.1) is 21.3 Å². The molecule has 33 heavy (non-hydrogen) atoms. The van der Waals surface area contributed by atoms with Crippen molar-refractivity contribution < 1.29 is 23.4 Å². The maximum atomic E-state index is 13.1. The first-order valence-corrected chi connectivity index (χ1v) is 11.0. The minimum atomic E-state index is -0.0833. The van der Waals surface area contributed by atoms with Crippen LogP contribution >= 0.6 is 0 Å². The summed E-state index contributed by atoms with van der Waals surface area (Å²) in [5.41, 5.74) is 2.06. The molecular weight excluding hydrogens is 420 g/mol. The number of anilines is 1. The topological polar surface area (TPSA) is 64.4 Å². The lowest BCUT2D eigenvalue weighted by atomic mass is 10.1. The molecule has 1 saturated heterocycles. The Morgan fingerprint density at radius 2 is 1.67 bits per heavy atom. The highest BCUT2D eigenvalue weighted by molar-refractivity contribution is 5.91. The first-order chi connectivity index (χ1) is 16.0. The van der Waals surface area contributed by atoms with Crippen LogP contribution in [0.5, 0.6) is 17.2 Å². The molecule has 2 aromatic carbocycles. The summed E-state index contributed by atoms with van der Waals surface area (Å²) >= 11 is 0. The summed E-state index contributed by atoms with van der Waals surface area (Å²) in [5.74, 6) is 3.31. The smallest absolute Gasteiger partial charge is 0.289 e. The van der Waals surface area contributed by atoms with Crippen molar-refractivity contribution in [1.82, 2.24) is 4.90 Å². The number of carbonyl (C=O) groups excluding carboxylic acids is 1. The molecule has 1 fully saturated rings. The molecule has 1 aromatic heterocycles. The first kappa shape index (κ1) is 22.6. The number of methoxy groups -OCH3 is 3. The van der Waals surface area contributed by atoms with E-state index in [9.17, 15) is 4.79 Å². The zero-order valence-corrected chi connectivity index (χ0v) is 19.5. The molecule has 0 spiro atoms. The van der Waals surface area contributed by atoms with E-state index in [1.165, 1.54) is 0 Å². The van der Waals surface area contributed by atoms with Gasteiger partial charge in [-0.05, 0) is 61.5 Å². The molecule has 4 rings (SSSR count). The molecule has 1 unspecified atom stereocenters. The van der Waals surface area contributed by atoms with Gasteiger partial charge in [-0.1, -0.05) is 0 Å². The van der Waals surface area contributed by atoms with Gasteiger partial charge < -0.3 is 28.4 Å². The van der Waals surface area contributed by atoms with Gasteiger partial charge in [0.25, 0.3) is 5.91 Å². The Hall–Kier alpha value is -3.61. The Bertz CT molecular complexity index is 1090. The second kappa shape index (κ2) is 9.90. The van der Waals surface area contributed by atoms with Crippen LogP contribution in [0.25, 0.3) is 0 Å². The molecule has 174 valence electrons. The number of hydrogen-bond donors (Lipinski definition) is 0. The van der Waals surface area contributed by atoms with Gasteiger partial charge in [-0.25, -0.2) is 0 Å². The number of nitrogens with zero attached hydrogens (tertiary/aromatic N) is 2. The summed E-state index contributed by atoms with van der Waals surface area (Å²) in [4.78, 5) is 17.3. The minimum Gasteiger partial charge on any atom is -0.497 e. The summed E-state index contributed by atoms with van der Waals surface area (Å²) in [6.45, 7) is 4.15. The van der Waals surface area contributed by atoms with Gasteiger partial charge in [-0.15, -0.1) is 0 Å². The molecule has 1 amide bonds. The fourth-order valence-corrected chi connectivity index (χ4v) is 4.25. The fourth-order valence-electron chi connectivity index (χ4n) is 4.25. The SMILES string of the molecule is COc1ccc(N2CCN(C(=O)c3ccc(Cc4cc(OC)ccc4OC)o3)CC2C)cc1. The summed E-state index contributed by atoms with van der Waals surface area (Å²) in [7, 11) is 4.93. The minimum absolute atomic E-state index is 0.0833. The Morgan fingerprint density at radius 1 is 0.939 bits per heavy atom. The quantitative estimate of drug-likeness (QED) is 0.536. The Labute approximate surface area is 194 Å². The van der Waals surface area contributed by atoms with Crippen molar-refractivity contribution in [2.75, 3.05) is 45.9 Å². The number of hydrogen-bond acceptors (Lipinski definition) is 6. The van der Waals surface area contributed by atoms with Crippen molar-refractivity contribution in [1.29, 1.82) is 0 Å². The predicted molar refractivity (Wildman–Crippen MR) is 127 cm³/mol. The van der Waals surface area contributed by atoms with E-state index in [0.717, 1.165) is 35.0 Å². The monoisotopic (exact) mass is 450 g/mol. The van der Waals surface area contributed by atoms with Gasteiger partial charge in [0.2, 0.25) is 0 Å². The maximum Gasteiger partial charge on any atom is 0.289 e. The van der Waals surface area contributed by atoms with Gasteiger partial charge >= 0.3 is 0 Å². The van der Waals surface area contributed by atoms with E-state index in [-0.39, 0.29) is 11.9 Å². The molecule has 3 aromatic rings. The molecule has 7 heteroatoms. The molecule has 7 nitrogen and oxygen atoms in total. The van der Waals surface area contributed by atoms with E-state index in [2.05, 4.69) is 24.0 Å². The van der Waals surface area contributed by atoms with Gasteiger partial charge in [-0.2, -0.15) is 0 Å². The second-order valence-electron chi connectivity index (χ2n) is 8.11. The summed E-state index contributed by atoms with van der Waals surface area (Å²) < 4.78 is 22.0. The van der Waals surface area contributed by atoms with Crippen LogP contribution in [0.4, 0.5) is 5.69 Å². The Balaban J connectivity index is 1.41. The highest BCUT2D eigenvalue weighted by Crippen LogP contribution is 2.28. The molecule has 0 saturated carbocycles. The third-order valence-electron chi connectivity index (χ3n) is 6.04. The molecule has 1 aliphatic heterocycles. The van der Waals surface area contributed by atoms with Crippen molar-refractivity contribution in [2.45, 2.75) is 19.4 Å². The van der Waals surface area contributed by atoms with E-state index in [0.29, 0.717) is 31.0 Å². The highest BCUT2D eigenvalue weighted by atomic mass is 16.5. The number of piperazine rings is 1. The zero-order valence-electron chi connectivity index (χ0n) is 19.5. The largest absolute Gasteiger partial charge is 0.497 e. The van der Waals surface area contributed by atoms with Crippen LogP contribution in [-0.2, 0) is 6.42 Å². The van der Waals surface area contributed by atoms with Gasteiger partial charge in [0.1, 0.15) is 23.0 Å². The second-order valence-corrected chi connectivity index (χ2v) is 8.11. The molecule has 1 aliphatic rings. The predicted octanol–water partition coefficient (Wildman–Crippen LogP) is 4.25. The summed E-state index contributed by atoms with van der Waals surface area (Å²) in [6, 6.07) is 17.5. The average molecular weight is 451 g/mol. The standard InChI is InChI=1S/C26H30N2O5/c1-18-17-27(13-14-28(18)20-5-7-21(30-2)8-6-20)26(29)25-12-10-23(33-25)16-19-15-22(31-3)9-11-24(19)32-4/h5-12,15,18H,13-14,16-17H2,1-4H3. The lowest BCUT2D eigenvalue weighted by molar-refractivity contribution is 0.0692. The number of benzene rings is 2. The average Bonchev–Trinajstić information content (AvgIpc) is 3.32. The number of carbonyl (C=O) groups is 1. The maximum absolute atomic E-state index is 13.1. The van der Waals surface area contributed by atoms with E-state index in [4.69, 9.17) is 18.6 Å². The van der Waals surface area contributed by atoms with Crippen LogP contribution in [0, 0.1) is 0 Å². The van der Waals surface area contributed by atoms with Crippen LogP contribution < -0.4 is 19.1 Å². The van der Waals surface area contributed by atoms with E-state index in [1.54, 1.807) is 27.4 Å². The van der Waals surface area contributed by atoms with Gasteiger partial charge in [0.15, 0.2) is 5.76 Å². The molecule has 0 radical (unpaired) electrons.